The van der Waals surface area contributed by atoms with Crippen LogP contribution >= 0.6 is 11.8 Å². The van der Waals surface area contributed by atoms with Crippen LogP contribution in [0, 0.1) is 5.92 Å². The summed E-state index contributed by atoms with van der Waals surface area (Å²) in [5.41, 5.74) is 0.981. The zero-order valence-electron chi connectivity index (χ0n) is 12.7. The summed E-state index contributed by atoms with van der Waals surface area (Å²) >= 11 is 1.97. The normalized spacial score (nSPS) is 32.5. The maximum Gasteiger partial charge on any atom is 0.226 e. The fourth-order valence-electron chi connectivity index (χ4n) is 3.19. The van der Waals surface area contributed by atoms with E-state index < -0.39 is 0 Å². The van der Waals surface area contributed by atoms with Crippen LogP contribution in [0.1, 0.15) is 38.0 Å². The van der Waals surface area contributed by atoms with Crippen molar-refractivity contribution in [3.63, 3.8) is 0 Å². The van der Waals surface area contributed by atoms with E-state index in [0.717, 1.165) is 18.7 Å². The Kier molecular flexibility index (Phi) is 4.26. The lowest BCUT2D eigenvalue weighted by Crippen LogP contribution is -2.40. The van der Waals surface area contributed by atoms with Crippen LogP contribution in [0.15, 0.2) is 12.3 Å². The second-order valence-corrected chi connectivity index (χ2v) is 7.87. The third-order valence-electron chi connectivity index (χ3n) is 4.52. The van der Waals surface area contributed by atoms with E-state index in [1.54, 1.807) is 10.9 Å². The first-order valence-corrected chi connectivity index (χ1v) is 8.59. The summed E-state index contributed by atoms with van der Waals surface area (Å²) in [7, 11) is 1.89. The van der Waals surface area contributed by atoms with Crippen LogP contribution in [0.5, 0.6) is 0 Å². The van der Waals surface area contributed by atoms with Crippen molar-refractivity contribution in [2.45, 2.75) is 37.0 Å². The maximum absolute atomic E-state index is 12.5. The van der Waals surface area contributed by atoms with Crippen molar-refractivity contribution in [1.82, 2.24) is 15.1 Å². The van der Waals surface area contributed by atoms with E-state index in [1.165, 1.54) is 18.6 Å². The average molecular weight is 309 g/mol. The average Bonchev–Trinajstić information content (AvgIpc) is 3.17. The monoisotopic (exact) mass is 309 g/mol. The minimum Gasteiger partial charge on any atom is -0.371 e. The minimum atomic E-state index is -0.165. The number of nitrogens with one attached hydrogen (secondary N) is 1. The molecule has 0 radical (unpaired) electrons. The molecule has 0 spiro atoms. The van der Waals surface area contributed by atoms with Crippen LogP contribution in [0.2, 0.25) is 0 Å². The molecule has 6 heteroatoms. The van der Waals surface area contributed by atoms with Crippen molar-refractivity contribution in [2.75, 3.05) is 18.9 Å². The van der Waals surface area contributed by atoms with Crippen LogP contribution < -0.4 is 5.32 Å². The summed E-state index contributed by atoms with van der Waals surface area (Å²) in [5.74, 6) is 1.22. The highest BCUT2D eigenvalue weighted by atomic mass is 32.2. The Morgan fingerprint density at radius 2 is 2.52 bits per heavy atom. The van der Waals surface area contributed by atoms with E-state index in [1.807, 2.05) is 24.9 Å². The van der Waals surface area contributed by atoms with Gasteiger partial charge in [-0.3, -0.25) is 9.48 Å². The third-order valence-corrected chi connectivity index (χ3v) is 6.05. The quantitative estimate of drug-likeness (QED) is 0.923. The molecule has 21 heavy (non-hydrogen) atoms. The molecule has 3 atom stereocenters. The first kappa shape index (κ1) is 14.9. The number of thioether (sulfide) groups is 1. The van der Waals surface area contributed by atoms with Crippen LogP contribution in [-0.2, 0) is 16.6 Å². The fourth-order valence-corrected chi connectivity index (χ4v) is 4.44. The molecule has 2 fully saturated rings. The second-order valence-electron chi connectivity index (χ2n) is 6.19. The molecule has 1 amide bonds. The highest BCUT2D eigenvalue weighted by Gasteiger charge is 2.38. The molecular formula is C15H23N3O2S. The maximum atomic E-state index is 12.5. The molecule has 3 heterocycles. The van der Waals surface area contributed by atoms with E-state index in [4.69, 9.17) is 4.74 Å². The largest absolute Gasteiger partial charge is 0.371 e. The number of carbonyl (C=O) groups is 1. The van der Waals surface area contributed by atoms with Gasteiger partial charge in [-0.25, -0.2) is 0 Å². The molecular weight excluding hydrogens is 286 g/mol. The molecule has 0 aromatic carbocycles. The highest BCUT2D eigenvalue weighted by molar-refractivity contribution is 8.00. The number of carbonyl (C=O) groups excluding carboxylic acids is 1. The number of ether oxygens (including phenoxy) is 1. The molecule has 1 unspecified atom stereocenters. The molecule has 3 rings (SSSR count). The lowest BCUT2D eigenvalue weighted by molar-refractivity contribution is -0.127. The van der Waals surface area contributed by atoms with Crippen LogP contribution in [-0.4, -0.2) is 39.3 Å². The lowest BCUT2D eigenvalue weighted by atomic mass is 9.97. The summed E-state index contributed by atoms with van der Waals surface area (Å²) < 4.78 is 7.78. The summed E-state index contributed by atoms with van der Waals surface area (Å²) in [6.07, 6.45) is 4.81. The van der Waals surface area contributed by atoms with E-state index in [-0.39, 0.29) is 22.7 Å². The SMILES string of the molecule is Cn1nccc1[C@@H]1OCC[C@H]1C(=O)NCC1(C)CCCS1. The summed E-state index contributed by atoms with van der Waals surface area (Å²) in [6.45, 7) is 3.64. The lowest BCUT2D eigenvalue weighted by Gasteiger charge is -2.25. The Balaban J connectivity index is 1.62. The van der Waals surface area contributed by atoms with Gasteiger partial charge in [0, 0.05) is 31.1 Å². The Hall–Kier alpha value is -1.01. The number of aryl methyl sites for hydroxylation is 1. The molecule has 1 aromatic rings. The van der Waals surface area contributed by atoms with E-state index in [2.05, 4.69) is 17.3 Å². The van der Waals surface area contributed by atoms with Gasteiger partial charge in [0.2, 0.25) is 5.91 Å². The van der Waals surface area contributed by atoms with Crippen molar-refractivity contribution in [2.24, 2.45) is 13.0 Å². The predicted octanol–water partition coefficient (Wildman–Crippen LogP) is 1.90. The van der Waals surface area contributed by atoms with Crippen LogP contribution in [0.4, 0.5) is 0 Å². The molecule has 5 nitrogen and oxygen atoms in total. The molecule has 116 valence electrons. The minimum absolute atomic E-state index is 0.101. The van der Waals surface area contributed by atoms with Crippen LogP contribution in [0.25, 0.3) is 0 Å². The Morgan fingerprint density at radius 1 is 1.67 bits per heavy atom. The van der Waals surface area contributed by atoms with Crippen molar-refractivity contribution >= 4 is 17.7 Å². The smallest absolute Gasteiger partial charge is 0.226 e. The zero-order valence-corrected chi connectivity index (χ0v) is 13.5. The highest BCUT2D eigenvalue weighted by Crippen LogP contribution is 2.38. The third kappa shape index (κ3) is 3.11. The first-order chi connectivity index (χ1) is 10.1. The van der Waals surface area contributed by atoms with Gasteiger partial charge >= 0.3 is 0 Å². The van der Waals surface area contributed by atoms with Crippen molar-refractivity contribution < 1.29 is 9.53 Å². The van der Waals surface area contributed by atoms with Gasteiger partial charge in [-0.15, -0.1) is 0 Å². The van der Waals surface area contributed by atoms with Gasteiger partial charge in [0.25, 0.3) is 0 Å². The van der Waals surface area contributed by atoms with E-state index in [0.29, 0.717) is 6.61 Å². The van der Waals surface area contributed by atoms with Crippen molar-refractivity contribution in [1.29, 1.82) is 0 Å². The topological polar surface area (TPSA) is 56.2 Å². The Labute approximate surface area is 129 Å². The summed E-state index contributed by atoms with van der Waals surface area (Å²) in [4.78, 5) is 12.5. The number of hydrogen-bond donors (Lipinski definition) is 1. The number of amides is 1. The van der Waals surface area contributed by atoms with Gasteiger partial charge < -0.3 is 10.1 Å². The predicted molar refractivity (Wildman–Crippen MR) is 83.1 cm³/mol. The summed E-state index contributed by atoms with van der Waals surface area (Å²) in [5, 5.41) is 7.33. The molecule has 0 saturated carbocycles. The van der Waals surface area contributed by atoms with E-state index in [9.17, 15) is 4.79 Å². The molecule has 0 bridgehead atoms. The van der Waals surface area contributed by atoms with Crippen molar-refractivity contribution in [3.05, 3.63) is 18.0 Å². The molecule has 0 aliphatic carbocycles. The van der Waals surface area contributed by atoms with Gasteiger partial charge in [0.05, 0.1) is 11.6 Å². The number of aromatic nitrogens is 2. The van der Waals surface area contributed by atoms with Crippen LogP contribution in [0.3, 0.4) is 0 Å². The second kappa shape index (κ2) is 6.01. The fraction of sp³-hybridized carbons (Fsp3) is 0.733. The number of nitrogens with zero attached hydrogens (tertiary/aromatic N) is 2. The number of rotatable bonds is 4. The van der Waals surface area contributed by atoms with Gasteiger partial charge in [-0.05, 0) is 38.0 Å². The Bertz CT molecular complexity index is 511. The molecule has 1 aromatic heterocycles. The van der Waals surface area contributed by atoms with Gasteiger partial charge in [-0.2, -0.15) is 16.9 Å². The standard InChI is InChI=1S/C15H23N3O2S/c1-15(6-3-9-21-15)10-16-14(19)11-5-8-20-13(11)12-4-7-17-18(12)2/h4,7,11,13H,3,5-6,8-10H2,1-2H3,(H,16,19)/t11-,13-,15?/m1/s1. The number of hydrogen-bond acceptors (Lipinski definition) is 4. The first-order valence-electron chi connectivity index (χ1n) is 7.60. The van der Waals surface area contributed by atoms with E-state index >= 15 is 0 Å². The zero-order chi connectivity index (χ0) is 14.9. The molecule has 2 aliphatic heterocycles. The molecule has 2 aliphatic rings. The molecule has 1 N–H and O–H groups in total. The Morgan fingerprint density at radius 3 is 3.19 bits per heavy atom. The van der Waals surface area contributed by atoms with Gasteiger partial charge in [0.15, 0.2) is 0 Å². The summed E-state index contributed by atoms with van der Waals surface area (Å²) in [6, 6.07) is 1.93. The van der Waals surface area contributed by atoms with Gasteiger partial charge in [0.1, 0.15) is 6.10 Å². The van der Waals surface area contributed by atoms with Gasteiger partial charge in [-0.1, -0.05) is 0 Å². The van der Waals surface area contributed by atoms with Crippen molar-refractivity contribution in [3.8, 4) is 0 Å². The molecule has 2 saturated heterocycles.